The average molecular weight is 388 g/mol. The SMILES string of the molecule is CC(C)CC(=O)O[C@@H]1O[C@H](CO)[C@@H](O)[C@H](O)[C@H]1O.[O]=[Ag]. The maximum atomic E-state index is 11.4. The second-order valence-electron chi connectivity index (χ2n) is 4.79. The minimum atomic E-state index is -1.54. The average Bonchev–Trinajstić information content (AvgIpc) is 2.41. The number of hydrogen-bond donors (Lipinski definition) is 4. The van der Waals surface area contributed by atoms with Crippen LogP contribution in [-0.4, -0.2) is 63.7 Å². The normalized spacial score (nSPS) is 33.4. The molecule has 0 aromatic rings. The van der Waals surface area contributed by atoms with E-state index in [1.807, 2.05) is 13.8 Å². The summed E-state index contributed by atoms with van der Waals surface area (Å²) in [6, 6.07) is 0. The van der Waals surface area contributed by atoms with Crippen molar-refractivity contribution in [3.05, 3.63) is 0 Å². The summed E-state index contributed by atoms with van der Waals surface area (Å²) in [5.74, 6) is -0.489. The van der Waals surface area contributed by atoms with Gasteiger partial charge in [-0.2, -0.15) is 0 Å². The van der Waals surface area contributed by atoms with Crippen molar-refractivity contribution in [2.45, 2.75) is 51.0 Å². The van der Waals surface area contributed by atoms with Gasteiger partial charge in [-0.05, 0) is 5.92 Å². The number of aliphatic hydroxyl groups is 4. The topological polar surface area (TPSA) is 134 Å². The summed E-state index contributed by atoms with van der Waals surface area (Å²) in [4.78, 5) is 11.4. The summed E-state index contributed by atoms with van der Waals surface area (Å²) in [6.45, 7) is 3.10. The number of carbonyl (C=O) groups excluding carboxylic acids is 1. The Morgan fingerprint density at radius 1 is 1.20 bits per heavy atom. The van der Waals surface area contributed by atoms with Gasteiger partial charge >= 0.3 is 30.3 Å². The van der Waals surface area contributed by atoms with Crippen LogP contribution in [0.25, 0.3) is 0 Å². The van der Waals surface area contributed by atoms with E-state index in [0.29, 0.717) is 0 Å². The second-order valence-corrected chi connectivity index (χ2v) is 4.79. The first-order valence-electron chi connectivity index (χ1n) is 5.99. The van der Waals surface area contributed by atoms with E-state index in [0.717, 1.165) is 0 Å². The zero-order valence-corrected chi connectivity index (χ0v) is 12.6. The summed E-state index contributed by atoms with van der Waals surface area (Å²) in [7, 11) is 0. The van der Waals surface area contributed by atoms with Crippen molar-refractivity contribution >= 4 is 5.97 Å². The first-order valence-corrected chi connectivity index (χ1v) is 6.59. The molecule has 20 heavy (non-hydrogen) atoms. The van der Waals surface area contributed by atoms with Crippen molar-refractivity contribution in [3.63, 3.8) is 0 Å². The number of hydrogen-bond acceptors (Lipinski definition) is 8. The molecule has 1 aliphatic heterocycles. The van der Waals surface area contributed by atoms with Gasteiger partial charge in [0.2, 0.25) is 6.29 Å². The monoisotopic (exact) mass is 387 g/mol. The first-order chi connectivity index (χ1) is 9.36. The van der Waals surface area contributed by atoms with E-state index in [2.05, 4.69) is 0 Å². The van der Waals surface area contributed by atoms with Crippen LogP contribution in [0.2, 0.25) is 0 Å². The fourth-order valence-corrected chi connectivity index (χ4v) is 1.68. The number of esters is 1. The van der Waals surface area contributed by atoms with Gasteiger partial charge in [0.25, 0.3) is 0 Å². The molecule has 1 fully saturated rings. The summed E-state index contributed by atoms with van der Waals surface area (Å²) < 4.78 is 18.0. The minimum absolute atomic E-state index is 0.0855. The maximum absolute atomic E-state index is 11.4. The molecule has 0 aromatic carbocycles. The van der Waals surface area contributed by atoms with Gasteiger partial charge < -0.3 is 29.9 Å². The molecule has 123 valence electrons. The van der Waals surface area contributed by atoms with Crippen LogP contribution in [0.5, 0.6) is 0 Å². The van der Waals surface area contributed by atoms with Crippen LogP contribution in [0.1, 0.15) is 20.3 Å². The molecule has 0 saturated carbocycles. The molecule has 0 radical (unpaired) electrons. The third-order valence-corrected chi connectivity index (χ3v) is 2.67. The molecule has 0 unspecified atom stereocenters. The Balaban J connectivity index is 0.00000172. The zero-order chi connectivity index (χ0) is 15.9. The summed E-state index contributed by atoms with van der Waals surface area (Å²) in [5.41, 5.74) is 0. The Bertz CT molecular complexity index is 298. The fourth-order valence-electron chi connectivity index (χ4n) is 1.68. The number of aliphatic hydroxyl groups excluding tert-OH is 4. The standard InChI is InChI=1S/C11H20O7.Ag.O/c1-5(2)3-7(13)18-11-10(16)9(15)8(14)6(4-12)17-11;;/h5-6,8-12,14-16H,3-4H2,1-2H3;;/t6-,8-,9+,10-,11+;;/m1../s1. The van der Waals surface area contributed by atoms with Crippen molar-refractivity contribution in [1.82, 2.24) is 0 Å². The van der Waals surface area contributed by atoms with Crippen LogP contribution in [0.3, 0.4) is 0 Å². The number of carbonyl (C=O) groups is 1. The van der Waals surface area contributed by atoms with Crippen LogP contribution >= 0.6 is 0 Å². The van der Waals surface area contributed by atoms with Gasteiger partial charge in [0.1, 0.15) is 24.4 Å². The van der Waals surface area contributed by atoms with Gasteiger partial charge in [0.15, 0.2) is 0 Å². The molecule has 1 rings (SSSR count). The summed E-state index contributed by atoms with van der Waals surface area (Å²) in [6.07, 6.45) is -6.83. The van der Waals surface area contributed by atoms with Crippen LogP contribution in [0.4, 0.5) is 0 Å². The molecule has 1 heterocycles. The van der Waals surface area contributed by atoms with Gasteiger partial charge in [-0.15, -0.1) is 0 Å². The van der Waals surface area contributed by atoms with E-state index >= 15 is 0 Å². The Morgan fingerprint density at radius 3 is 2.20 bits per heavy atom. The van der Waals surface area contributed by atoms with Gasteiger partial charge in [0, 0.05) is 6.42 Å². The van der Waals surface area contributed by atoms with Crippen LogP contribution in [0, 0.1) is 5.92 Å². The van der Waals surface area contributed by atoms with Crippen LogP contribution in [-0.2, 0) is 38.6 Å². The van der Waals surface area contributed by atoms with E-state index in [-0.39, 0.29) is 12.3 Å². The third kappa shape index (κ3) is 5.66. The molecule has 8 nitrogen and oxygen atoms in total. The van der Waals surface area contributed by atoms with Crippen LogP contribution in [0.15, 0.2) is 0 Å². The zero-order valence-electron chi connectivity index (χ0n) is 11.1. The summed E-state index contributed by atoms with van der Waals surface area (Å²) >= 11 is 1.70. The predicted molar refractivity (Wildman–Crippen MR) is 60.0 cm³/mol. The second kappa shape index (κ2) is 9.69. The molecular formula is C11H20AgO8. The third-order valence-electron chi connectivity index (χ3n) is 2.67. The van der Waals surface area contributed by atoms with Crippen molar-refractivity contribution in [2.24, 2.45) is 5.92 Å². The van der Waals surface area contributed by atoms with Crippen molar-refractivity contribution in [3.8, 4) is 0 Å². The Labute approximate surface area is 128 Å². The van der Waals surface area contributed by atoms with E-state index in [1.54, 1.807) is 21.0 Å². The molecule has 0 aromatic heterocycles. The van der Waals surface area contributed by atoms with Crippen molar-refractivity contribution in [1.29, 1.82) is 0 Å². The molecule has 0 aliphatic carbocycles. The Morgan fingerprint density at radius 2 is 1.75 bits per heavy atom. The molecular weight excluding hydrogens is 368 g/mol. The Kier molecular flexibility index (Phi) is 9.60. The predicted octanol–water partition coefficient (Wildman–Crippen LogP) is -1.75. The molecule has 0 bridgehead atoms. The van der Waals surface area contributed by atoms with Crippen molar-refractivity contribution in [2.75, 3.05) is 6.61 Å². The molecule has 1 aliphatic rings. The quantitative estimate of drug-likeness (QED) is 0.329. The van der Waals surface area contributed by atoms with Crippen molar-refractivity contribution < 1.29 is 59.0 Å². The number of rotatable bonds is 4. The van der Waals surface area contributed by atoms with Gasteiger partial charge in [-0.3, -0.25) is 4.79 Å². The molecule has 4 N–H and O–H groups in total. The summed E-state index contributed by atoms with van der Waals surface area (Å²) in [5, 5.41) is 37.6. The molecule has 5 atom stereocenters. The van der Waals surface area contributed by atoms with E-state index in [4.69, 9.17) is 17.8 Å². The first kappa shape index (κ1) is 19.8. The fraction of sp³-hybridized carbons (Fsp3) is 0.909. The van der Waals surface area contributed by atoms with Gasteiger partial charge in [0.05, 0.1) is 6.61 Å². The van der Waals surface area contributed by atoms with E-state index in [9.17, 15) is 20.1 Å². The van der Waals surface area contributed by atoms with Gasteiger partial charge in [-0.1, -0.05) is 13.8 Å². The molecule has 0 spiro atoms. The van der Waals surface area contributed by atoms with Gasteiger partial charge in [-0.25, -0.2) is 0 Å². The molecule has 0 amide bonds. The molecule has 1 saturated heterocycles. The Hall–Kier alpha value is -0.190. The van der Waals surface area contributed by atoms with Crippen LogP contribution < -0.4 is 0 Å². The van der Waals surface area contributed by atoms with E-state index in [1.165, 1.54) is 0 Å². The van der Waals surface area contributed by atoms with E-state index < -0.39 is 43.3 Å². The number of ether oxygens (including phenoxy) is 2. The molecule has 9 heteroatoms.